The molecule has 0 aliphatic carbocycles. The van der Waals surface area contributed by atoms with Gasteiger partial charge in [-0.1, -0.05) is 11.8 Å². The monoisotopic (exact) mass is 390 g/mol. The number of nitrogens with one attached hydrogen (secondary N) is 1. The fourth-order valence-electron chi connectivity index (χ4n) is 2.12. The molecule has 0 fully saturated rings. The van der Waals surface area contributed by atoms with E-state index in [2.05, 4.69) is 25.4 Å². The maximum atomic E-state index is 12.3. The molecule has 0 aromatic carbocycles. The molecular weight excluding hydrogens is 380 g/mol. The van der Waals surface area contributed by atoms with Gasteiger partial charge in [-0.3, -0.25) is 9.59 Å². The van der Waals surface area contributed by atoms with Gasteiger partial charge in [0.1, 0.15) is 27.7 Å². The van der Waals surface area contributed by atoms with Crippen LogP contribution in [0.25, 0.3) is 15.2 Å². The Morgan fingerprint density at radius 1 is 1.36 bits per heavy atom. The van der Waals surface area contributed by atoms with Gasteiger partial charge in [-0.2, -0.15) is 14.6 Å². The summed E-state index contributed by atoms with van der Waals surface area (Å²) in [5, 5.41) is 12.3. The summed E-state index contributed by atoms with van der Waals surface area (Å²) in [7, 11) is 0. The van der Waals surface area contributed by atoms with Gasteiger partial charge in [0.2, 0.25) is 10.9 Å². The topological polar surface area (TPSA) is 102 Å². The van der Waals surface area contributed by atoms with E-state index in [0.29, 0.717) is 10.8 Å². The predicted molar refractivity (Wildman–Crippen MR) is 98.6 cm³/mol. The minimum Gasteiger partial charge on any atom is -0.309 e. The number of carbonyl (C=O) groups is 1. The first-order valence-electron chi connectivity index (χ1n) is 7.08. The molecule has 4 rings (SSSR count). The lowest BCUT2D eigenvalue weighted by molar-refractivity contribution is -0.113. The Hall–Kier alpha value is -2.37. The summed E-state index contributed by atoms with van der Waals surface area (Å²) in [5.74, 6) is 0.501. The summed E-state index contributed by atoms with van der Waals surface area (Å²) in [6.07, 6.45) is 1.50. The number of hydrogen-bond acceptors (Lipinski definition) is 9. The van der Waals surface area contributed by atoms with Gasteiger partial charge >= 0.3 is 0 Å². The van der Waals surface area contributed by atoms with Crippen molar-refractivity contribution in [3.05, 3.63) is 39.2 Å². The van der Waals surface area contributed by atoms with E-state index in [4.69, 9.17) is 0 Å². The molecule has 1 N–H and O–H groups in total. The number of thiazole rings is 1. The van der Waals surface area contributed by atoms with Crippen LogP contribution in [0.1, 0.15) is 5.69 Å². The van der Waals surface area contributed by atoms with E-state index in [-0.39, 0.29) is 22.9 Å². The number of nitrogens with zero attached hydrogens (tertiary/aromatic N) is 5. The lowest BCUT2D eigenvalue weighted by Gasteiger charge is -2.05. The van der Waals surface area contributed by atoms with Gasteiger partial charge in [0.15, 0.2) is 0 Å². The second kappa shape index (κ2) is 6.50. The molecule has 0 radical (unpaired) electrons. The summed E-state index contributed by atoms with van der Waals surface area (Å²) in [6.45, 7) is 1.59. The Labute approximate surface area is 153 Å². The molecule has 126 valence electrons. The first-order valence-corrected chi connectivity index (χ1v) is 9.82. The molecule has 11 heteroatoms. The van der Waals surface area contributed by atoms with Crippen LogP contribution in [0.3, 0.4) is 0 Å². The number of thioether (sulfide) groups is 1. The van der Waals surface area contributed by atoms with Crippen LogP contribution in [0.4, 0.5) is 5.82 Å². The summed E-state index contributed by atoms with van der Waals surface area (Å²) < 4.78 is 1.46. The number of aryl methyl sites for hydroxylation is 1. The summed E-state index contributed by atoms with van der Waals surface area (Å²) in [4.78, 5) is 37.5. The second-order valence-electron chi connectivity index (χ2n) is 4.97. The zero-order valence-electron chi connectivity index (χ0n) is 12.8. The lowest BCUT2D eigenvalue weighted by atomic mass is 10.4. The number of fused-ring (bicyclic) bond motifs is 2. The highest BCUT2D eigenvalue weighted by Crippen LogP contribution is 2.27. The number of rotatable bonds is 4. The van der Waals surface area contributed by atoms with Crippen LogP contribution in [0.2, 0.25) is 0 Å². The third-order valence-corrected chi connectivity index (χ3v) is 5.92. The third-order valence-electron chi connectivity index (χ3n) is 3.27. The van der Waals surface area contributed by atoms with Crippen molar-refractivity contribution in [1.29, 1.82) is 0 Å². The van der Waals surface area contributed by atoms with Gasteiger partial charge in [0.05, 0.1) is 5.75 Å². The van der Waals surface area contributed by atoms with E-state index in [9.17, 15) is 9.59 Å². The minimum atomic E-state index is -0.362. The van der Waals surface area contributed by atoms with Crippen molar-refractivity contribution in [2.24, 2.45) is 0 Å². The highest BCUT2D eigenvalue weighted by Gasteiger charge is 2.12. The number of carbonyl (C=O) groups excluding carboxylic acids is 1. The van der Waals surface area contributed by atoms with Gasteiger partial charge in [0.25, 0.3) is 5.56 Å². The molecule has 0 atom stereocenters. The van der Waals surface area contributed by atoms with Gasteiger partial charge in [-0.25, -0.2) is 9.97 Å². The average Bonchev–Trinajstić information content (AvgIpc) is 3.21. The molecule has 0 saturated heterocycles. The van der Waals surface area contributed by atoms with Crippen molar-refractivity contribution in [1.82, 2.24) is 24.6 Å². The molecule has 4 aromatic heterocycles. The fraction of sp³-hybridized carbons (Fsp3) is 0.143. The summed E-state index contributed by atoms with van der Waals surface area (Å²) in [6, 6.07) is 1.95. The Bertz CT molecular complexity index is 1150. The standard InChI is InChI=1S/C14H10N6O2S3/c1-7-11(22)18-14-20(19-7)9(4-25-14)17-10(21)5-24-13-8-2-3-23-12(8)15-6-16-13/h2-4,6H,5H2,1H3,(H,17,21). The molecule has 0 unspecified atom stereocenters. The van der Waals surface area contributed by atoms with Gasteiger partial charge < -0.3 is 5.32 Å². The third kappa shape index (κ3) is 3.13. The van der Waals surface area contributed by atoms with Crippen molar-refractivity contribution in [2.45, 2.75) is 11.9 Å². The van der Waals surface area contributed by atoms with Crippen molar-refractivity contribution in [3.63, 3.8) is 0 Å². The van der Waals surface area contributed by atoms with E-state index in [1.54, 1.807) is 12.3 Å². The van der Waals surface area contributed by atoms with Gasteiger partial charge in [-0.05, 0) is 18.4 Å². The molecular formula is C14H10N6O2S3. The molecule has 0 spiro atoms. The largest absolute Gasteiger partial charge is 0.309 e. The zero-order valence-corrected chi connectivity index (χ0v) is 15.2. The first-order chi connectivity index (χ1) is 12.1. The van der Waals surface area contributed by atoms with E-state index in [0.717, 1.165) is 15.2 Å². The highest BCUT2D eigenvalue weighted by molar-refractivity contribution is 8.00. The average molecular weight is 390 g/mol. The Morgan fingerprint density at radius 3 is 3.12 bits per heavy atom. The fourth-order valence-corrected chi connectivity index (χ4v) is 4.45. The predicted octanol–water partition coefficient (Wildman–Crippen LogP) is 2.19. The molecule has 1 amide bonds. The molecule has 0 aliphatic heterocycles. The first kappa shape index (κ1) is 16.1. The van der Waals surface area contributed by atoms with E-state index >= 15 is 0 Å². The number of anilines is 1. The molecule has 0 bridgehead atoms. The van der Waals surface area contributed by atoms with Crippen LogP contribution in [-0.2, 0) is 4.79 Å². The molecule has 4 heterocycles. The Balaban J connectivity index is 1.50. The van der Waals surface area contributed by atoms with E-state index in [1.807, 2.05) is 11.4 Å². The van der Waals surface area contributed by atoms with Crippen LogP contribution in [0.15, 0.2) is 33.0 Å². The van der Waals surface area contributed by atoms with E-state index in [1.165, 1.54) is 45.3 Å². The van der Waals surface area contributed by atoms with Crippen molar-refractivity contribution in [2.75, 3.05) is 11.1 Å². The SMILES string of the molecule is Cc1nn2c(NC(=O)CSc3ncnc4sccc34)csc2nc1=O. The number of amides is 1. The van der Waals surface area contributed by atoms with Crippen molar-refractivity contribution < 1.29 is 4.79 Å². The van der Waals surface area contributed by atoms with Gasteiger partial charge in [0, 0.05) is 10.8 Å². The van der Waals surface area contributed by atoms with Crippen molar-refractivity contribution in [3.8, 4) is 0 Å². The number of thiophene rings is 1. The Kier molecular flexibility index (Phi) is 4.19. The summed E-state index contributed by atoms with van der Waals surface area (Å²) >= 11 is 4.13. The normalized spacial score (nSPS) is 11.2. The van der Waals surface area contributed by atoms with E-state index < -0.39 is 0 Å². The maximum absolute atomic E-state index is 12.3. The maximum Gasteiger partial charge on any atom is 0.295 e. The van der Waals surface area contributed by atoms with Crippen LogP contribution >= 0.6 is 34.4 Å². The van der Waals surface area contributed by atoms with Crippen LogP contribution in [0, 0.1) is 6.92 Å². The van der Waals surface area contributed by atoms with Crippen LogP contribution < -0.4 is 10.9 Å². The molecule has 8 nitrogen and oxygen atoms in total. The molecule has 4 aromatic rings. The number of hydrogen-bond donors (Lipinski definition) is 1. The van der Waals surface area contributed by atoms with Gasteiger partial charge in [-0.15, -0.1) is 22.7 Å². The minimum absolute atomic E-state index is 0.190. The van der Waals surface area contributed by atoms with Crippen LogP contribution in [-0.4, -0.2) is 36.2 Å². The number of aromatic nitrogens is 5. The summed E-state index contributed by atoms with van der Waals surface area (Å²) in [5.41, 5.74) is -0.0829. The van der Waals surface area contributed by atoms with Crippen LogP contribution in [0.5, 0.6) is 0 Å². The highest BCUT2D eigenvalue weighted by atomic mass is 32.2. The Morgan fingerprint density at radius 2 is 2.24 bits per heavy atom. The zero-order chi connectivity index (χ0) is 17.4. The molecule has 0 saturated carbocycles. The second-order valence-corrected chi connectivity index (χ2v) is 7.67. The van der Waals surface area contributed by atoms with Crippen molar-refractivity contribution >= 4 is 61.3 Å². The lowest BCUT2D eigenvalue weighted by Crippen LogP contribution is -2.19. The smallest absolute Gasteiger partial charge is 0.295 e. The molecule has 0 aliphatic rings. The quantitative estimate of drug-likeness (QED) is 0.421. The molecule has 25 heavy (non-hydrogen) atoms.